The molecular weight excluding hydrogens is 340 g/mol. The number of aryl methyl sites for hydroxylation is 4. The van der Waals surface area contributed by atoms with Gasteiger partial charge in [0.25, 0.3) is 0 Å². The molecule has 0 radical (unpaired) electrons. The Morgan fingerprint density at radius 2 is 2.04 bits per heavy atom. The van der Waals surface area contributed by atoms with Crippen molar-refractivity contribution in [2.75, 3.05) is 13.6 Å². The summed E-state index contributed by atoms with van der Waals surface area (Å²) in [6.45, 7) is 7.52. The van der Waals surface area contributed by atoms with Crippen LogP contribution in [0.2, 0.25) is 5.15 Å². The standard InChI is InChI=1S/C17H23ClN6O/c1-10-8-15(22-25-10)16-14(17(18)24(5)21-16)9-23(4)7-6-13-11(2)19-20-12(13)3/h8H,6-7,9H2,1-5H3,(H,19,20). The van der Waals surface area contributed by atoms with Crippen LogP contribution in [0.1, 0.15) is 28.3 Å². The van der Waals surface area contributed by atoms with E-state index in [1.54, 1.807) is 4.68 Å². The number of halogens is 1. The summed E-state index contributed by atoms with van der Waals surface area (Å²) in [5.41, 5.74) is 5.90. The normalized spacial score (nSPS) is 11.6. The van der Waals surface area contributed by atoms with E-state index >= 15 is 0 Å². The summed E-state index contributed by atoms with van der Waals surface area (Å²) in [4.78, 5) is 2.23. The molecule has 3 heterocycles. The summed E-state index contributed by atoms with van der Waals surface area (Å²) in [5.74, 6) is 0.752. The number of H-pyrrole nitrogens is 1. The van der Waals surface area contributed by atoms with Crippen molar-refractivity contribution in [3.8, 4) is 11.4 Å². The fourth-order valence-electron chi connectivity index (χ4n) is 2.97. The average Bonchev–Trinajstić information content (AvgIpc) is 3.21. The summed E-state index contributed by atoms with van der Waals surface area (Å²) in [5, 5.41) is 16.5. The Kier molecular flexibility index (Phi) is 4.96. The number of aromatic nitrogens is 5. The molecular formula is C17H23ClN6O. The van der Waals surface area contributed by atoms with Gasteiger partial charge in [-0.3, -0.25) is 9.78 Å². The Hall–Kier alpha value is -2.12. The van der Waals surface area contributed by atoms with E-state index in [9.17, 15) is 0 Å². The lowest BCUT2D eigenvalue weighted by atomic mass is 10.1. The molecule has 3 rings (SSSR count). The molecule has 0 atom stereocenters. The number of nitrogens with zero attached hydrogens (tertiary/aromatic N) is 5. The lowest BCUT2D eigenvalue weighted by Gasteiger charge is -2.16. The molecule has 7 nitrogen and oxygen atoms in total. The van der Waals surface area contributed by atoms with Crippen LogP contribution in [-0.4, -0.2) is 43.6 Å². The van der Waals surface area contributed by atoms with E-state index in [1.807, 2.05) is 27.0 Å². The Morgan fingerprint density at radius 1 is 1.28 bits per heavy atom. The molecule has 0 fully saturated rings. The van der Waals surface area contributed by atoms with Crippen LogP contribution < -0.4 is 0 Å². The monoisotopic (exact) mass is 362 g/mol. The lowest BCUT2D eigenvalue weighted by molar-refractivity contribution is 0.331. The largest absolute Gasteiger partial charge is 0.361 e. The van der Waals surface area contributed by atoms with Crippen LogP contribution in [0.15, 0.2) is 10.6 Å². The van der Waals surface area contributed by atoms with Crippen molar-refractivity contribution < 1.29 is 4.52 Å². The number of hydrogen-bond acceptors (Lipinski definition) is 5. The Balaban J connectivity index is 1.76. The quantitative estimate of drug-likeness (QED) is 0.729. The van der Waals surface area contributed by atoms with Crippen molar-refractivity contribution in [3.63, 3.8) is 0 Å². The predicted octanol–water partition coefficient (Wildman–Crippen LogP) is 3.05. The predicted molar refractivity (Wildman–Crippen MR) is 96.6 cm³/mol. The van der Waals surface area contributed by atoms with Crippen LogP contribution in [0.4, 0.5) is 0 Å². The van der Waals surface area contributed by atoms with Crippen molar-refractivity contribution in [1.29, 1.82) is 0 Å². The first-order valence-corrected chi connectivity index (χ1v) is 8.58. The highest BCUT2D eigenvalue weighted by Gasteiger charge is 2.20. The minimum absolute atomic E-state index is 0.623. The van der Waals surface area contributed by atoms with Gasteiger partial charge in [0, 0.05) is 37.5 Å². The molecule has 8 heteroatoms. The van der Waals surface area contributed by atoms with Crippen molar-refractivity contribution in [3.05, 3.63) is 39.5 Å². The van der Waals surface area contributed by atoms with Crippen LogP contribution in [-0.2, 0) is 20.0 Å². The van der Waals surface area contributed by atoms with E-state index in [4.69, 9.17) is 16.1 Å². The molecule has 134 valence electrons. The minimum Gasteiger partial charge on any atom is -0.361 e. The molecule has 0 aliphatic heterocycles. The highest BCUT2D eigenvalue weighted by Crippen LogP contribution is 2.29. The molecule has 3 aromatic heterocycles. The van der Waals surface area contributed by atoms with Gasteiger partial charge in [-0.1, -0.05) is 16.8 Å². The molecule has 0 amide bonds. The van der Waals surface area contributed by atoms with Crippen LogP contribution in [0.5, 0.6) is 0 Å². The molecule has 0 saturated heterocycles. The molecule has 0 aliphatic carbocycles. The molecule has 0 spiro atoms. The van der Waals surface area contributed by atoms with Gasteiger partial charge in [-0.05, 0) is 39.8 Å². The second kappa shape index (κ2) is 7.01. The highest BCUT2D eigenvalue weighted by atomic mass is 35.5. The van der Waals surface area contributed by atoms with Gasteiger partial charge in [0.05, 0.1) is 5.69 Å². The van der Waals surface area contributed by atoms with E-state index in [-0.39, 0.29) is 0 Å². The smallest absolute Gasteiger partial charge is 0.134 e. The third kappa shape index (κ3) is 3.62. The fourth-order valence-corrected chi connectivity index (χ4v) is 3.15. The van der Waals surface area contributed by atoms with Crippen molar-refractivity contribution in [2.45, 2.75) is 33.7 Å². The van der Waals surface area contributed by atoms with E-state index in [0.29, 0.717) is 17.4 Å². The maximum absolute atomic E-state index is 6.47. The van der Waals surface area contributed by atoms with E-state index in [1.165, 1.54) is 5.56 Å². The van der Waals surface area contributed by atoms with Gasteiger partial charge in [0.2, 0.25) is 0 Å². The zero-order valence-electron chi connectivity index (χ0n) is 15.2. The summed E-state index contributed by atoms with van der Waals surface area (Å²) in [7, 11) is 3.91. The van der Waals surface area contributed by atoms with Crippen LogP contribution in [0, 0.1) is 20.8 Å². The first-order chi connectivity index (χ1) is 11.9. The van der Waals surface area contributed by atoms with Gasteiger partial charge in [-0.25, -0.2) is 0 Å². The van der Waals surface area contributed by atoms with Crippen LogP contribution in [0.3, 0.4) is 0 Å². The zero-order valence-corrected chi connectivity index (χ0v) is 16.0. The molecule has 25 heavy (non-hydrogen) atoms. The Morgan fingerprint density at radius 3 is 2.64 bits per heavy atom. The number of likely N-dealkylation sites (N-methyl/N-ethyl adjacent to an activating group) is 1. The SMILES string of the molecule is Cc1cc(-c2nn(C)c(Cl)c2CN(C)CCc2c(C)n[nH]c2C)no1. The number of aromatic amines is 1. The van der Waals surface area contributed by atoms with Crippen molar-refractivity contribution >= 4 is 11.6 Å². The number of hydrogen-bond donors (Lipinski definition) is 1. The average molecular weight is 363 g/mol. The number of rotatable bonds is 6. The Labute approximate surface area is 151 Å². The first kappa shape index (κ1) is 17.7. The molecule has 0 aliphatic rings. The molecule has 0 unspecified atom stereocenters. The lowest BCUT2D eigenvalue weighted by Crippen LogP contribution is -2.21. The summed E-state index contributed by atoms with van der Waals surface area (Å²) >= 11 is 6.47. The third-order valence-electron chi connectivity index (χ3n) is 4.39. The fraction of sp³-hybridized carbons (Fsp3) is 0.471. The summed E-state index contributed by atoms with van der Waals surface area (Å²) in [6.07, 6.45) is 0.931. The van der Waals surface area contributed by atoms with Gasteiger partial charge < -0.3 is 9.42 Å². The number of nitrogens with one attached hydrogen (secondary N) is 1. The Bertz CT molecular complexity index is 858. The second-order valence-corrected chi connectivity index (χ2v) is 6.82. The topological polar surface area (TPSA) is 75.8 Å². The van der Waals surface area contributed by atoms with E-state index in [2.05, 4.69) is 39.3 Å². The maximum Gasteiger partial charge on any atom is 0.134 e. The zero-order chi connectivity index (χ0) is 18.1. The first-order valence-electron chi connectivity index (χ1n) is 8.21. The summed E-state index contributed by atoms with van der Waals surface area (Å²) < 4.78 is 6.86. The maximum atomic E-state index is 6.47. The van der Waals surface area contributed by atoms with Crippen molar-refractivity contribution in [2.24, 2.45) is 7.05 Å². The van der Waals surface area contributed by atoms with E-state index in [0.717, 1.165) is 41.4 Å². The van der Waals surface area contributed by atoms with Crippen LogP contribution in [0.25, 0.3) is 11.4 Å². The minimum atomic E-state index is 0.623. The van der Waals surface area contributed by atoms with Crippen LogP contribution >= 0.6 is 11.6 Å². The summed E-state index contributed by atoms with van der Waals surface area (Å²) in [6, 6.07) is 1.88. The van der Waals surface area contributed by atoms with Crippen molar-refractivity contribution in [1.82, 2.24) is 30.0 Å². The second-order valence-electron chi connectivity index (χ2n) is 6.46. The van der Waals surface area contributed by atoms with Gasteiger partial charge in [-0.15, -0.1) is 0 Å². The van der Waals surface area contributed by atoms with Gasteiger partial charge in [0.15, 0.2) is 0 Å². The molecule has 1 N–H and O–H groups in total. The van der Waals surface area contributed by atoms with Gasteiger partial charge in [-0.2, -0.15) is 10.2 Å². The van der Waals surface area contributed by atoms with Gasteiger partial charge in [0.1, 0.15) is 22.3 Å². The highest BCUT2D eigenvalue weighted by molar-refractivity contribution is 6.30. The third-order valence-corrected chi connectivity index (χ3v) is 4.86. The molecule has 3 aromatic rings. The van der Waals surface area contributed by atoms with Gasteiger partial charge >= 0.3 is 0 Å². The molecule has 0 aromatic carbocycles. The molecule has 0 saturated carbocycles. The molecule has 0 bridgehead atoms. The van der Waals surface area contributed by atoms with E-state index < -0.39 is 0 Å².